The van der Waals surface area contributed by atoms with E-state index in [0.717, 1.165) is 49.5 Å². The van der Waals surface area contributed by atoms with E-state index in [2.05, 4.69) is 50.0 Å². The molecule has 32 heavy (non-hydrogen) atoms. The van der Waals surface area contributed by atoms with Crippen molar-refractivity contribution in [3.8, 4) is 11.5 Å². The van der Waals surface area contributed by atoms with E-state index >= 15 is 0 Å². The van der Waals surface area contributed by atoms with Gasteiger partial charge < -0.3 is 10.1 Å². The minimum Gasteiger partial charge on any atom is -0.457 e. The first-order valence-corrected chi connectivity index (χ1v) is 12.1. The highest BCUT2D eigenvalue weighted by molar-refractivity contribution is 5.96. The number of hydrogen-bond acceptors (Lipinski definition) is 4. The average molecular weight is 435 g/mol. The van der Waals surface area contributed by atoms with Crippen molar-refractivity contribution in [1.82, 2.24) is 10.2 Å². The molecule has 2 saturated heterocycles. The van der Waals surface area contributed by atoms with E-state index in [1.807, 2.05) is 36.4 Å². The Bertz CT molecular complexity index is 911. The molecule has 2 fully saturated rings. The Morgan fingerprint density at radius 3 is 2.25 bits per heavy atom. The number of hydrogen-bond donors (Lipinski definition) is 1. The molecule has 0 unspecified atom stereocenters. The largest absolute Gasteiger partial charge is 0.457 e. The molecule has 2 aromatic carbocycles. The molecule has 172 valence electrons. The molecule has 0 aliphatic carbocycles. The van der Waals surface area contributed by atoms with E-state index in [9.17, 15) is 4.79 Å². The third-order valence-corrected chi connectivity index (χ3v) is 6.72. The second kappa shape index (κ2) is 9.36. The highest BCUT2D eigenvalue weighted by atomic mass is 16.5. The smallest absolute Gasteiger partial charge is 0.163 e. The molecule has 0 spiro atoms. The predicted molar refractivity (Wildman–Crippen MR) is 130 cm³/mol. The summed E-state index contributed by atoms with van der Waals surface area (Å²) >= 11 is 0. The van der Waals surface area contributed by atoms with E-state index < -0.39 is 0 Å². The predicted octanol–water partition coefficient (Wildman–Crippen LogP) is 6.20. The van der Waals surface area contributed by atoms with Gasteiger partial charge in [0.25, 0.3) is 0 Å². The van der Waals surface area contributed by atoms with Crippen LogP contribution in [0.4, 0.5) is 0 Å². The Balaban J connectivity index is 1.39. The van der Waals surface area contributed by atoms with Gasteiger partial charge in [-0.25, -0.2) is 0 Å². The Hall–Kier alpha value is -2.17. The van der Waals surface area contributed by atoms with Gasteiger partial charge in [-0.05, 0) is 103 Å². The van der Waals surface area contributed by atoms with Gasteiger partial charge in [0.2, 0.25) is 0 Å². The van der Waals surface area contributed by atoms with Crippen LogP contribution in [-0.4, -0.2) is 34.9 Å². The number of piperidine rings is 1. The topological polar surface area (TPSA) is 41.6 Å². The Kier molecular flexibility index (Phi) is 6.73. The lowest BCUT2D eigenvalue weighted by Crippen LogP contribution is -2.57. The zero-order valence-corrected chi connectivity index (χ0v) is 20.1. The maximum absolute atomic E-state index is 13.0. The van der Waals surface area contributed by atoms with Gasteiger partial charge in [0, 0.05) is 35.2 Å². The third kappa shape index (κ3) is 5.99. The molecule has 0 saturated carbocycles. The maximum atomic E-state index is 13.0. The summed E-state index contributed by atoms with van der Waals surface area (Å²) in [5, 5.41) is 3.70. The van der Waals surface area contributed by atoms with Crippen LogP contribution in [0.1, 0.15) is 75.7 Å². The number of rotatable bonds is 7. The zero-order valence-electron chi connectivity index (χ0n) is 20.1. The highest BCUT2D eigenvalue weighted by Crippen LogP contribution is 2.35. The summed E-state index contributed by atoms with van der Waals surface area (Å²) in [5.74, 6) is 2.31. The molecule has 2 aliphatic rings. The van der Waals surface area contributed by atoms with E-state index in [0.29, 0.717) is 12.3 Å². The van der Waals surface area contributed by atoms with E-state index in [4.69, 9.17) is 4.74 Å². The van der Waals surface area contributed by atoms with Crippen molar-refractivity contribution in [2.24, 2.45) is 5.92 Å². The van der Waals surface area contributed by atoms with Crippen LogP contribution in [0.15, 0.2) is 48.5 Å². The van der Waals surface area contributed by atoms with Gasteiger partial charge in [-0.1, -0.05) is 18.2 Å². The summed E-state index contributed by atoms with van der Waals surface area (Å²) in [5.41, 5.74) is 2.11. The number of carbonyl (C=O) groups is 1. The quantitative estimate of drug-likeness (QED) is 0.527. The first-order chi connectivity index (χ1) is 15.2. The second-order valence-corrected chi connectivity index (χ2v) is 11.0. The molecule has 0 amide bonds. The standard InChI is InChI=1S/C28H38N2O2/c1-27(2)18-21(19-28(3,4)29-27)17-25(31)22-11-13-24(14-12-22)32-26-10-6-5-9-23(26)20-30-15-7-8-16-30/h5-6,9-14,21,29H,7-8,15-20H2,1-4H3. The number of ether oxygens (including phenoxy) is 1. The van der Waals surface area contributed by atoms with Crippen LogP contribution >= 0.6 is 0 Å². The zero-order chi connectivity index (χ0) is 22.8. The summed E-state index contributed by atoms with van der Waals surface area (Å²) in [6, 6.07) is 16.0. The average Bonchev–Trinajstić information content (AvgIpc) is 3.21. The maximum Gasteiger partial charge on any atom is 0.163 e. The summed E-state index contributed by atoms with van der Waals surface area (Å²) < 4.78 is 6.21. The SMILES string of the molecule is CC1(C)CC(CC(=O)c2ccc(Oc3ccccc3CN3CCCC3)cc2)CC(C)(C)N1. The van der Waals surface area contributed by atoms with Crippen molar-refractivity contribution in [3.05, 3.63) is 59.7 Å². The fourth-order valence-electron chi connectivity index (χ4n) is 5.81. The summed E-state index contributed by atoms with van der Waals surface area (Å²) in [7, 11) is 0. The van der Waals surface area contributed by atoms with Crippen LogP contribution in [0, 0.1) is 5.92 Å². The van der Waals surface area contributed by atoms with Crippen LogP contribution in [0.25, 0.3) is 0 Å². The molecule has 4 heteroatoms. The van der Waals surface area contributed by atoms with Gasteiger partial charge in [0.1, 0.15) is 11.5 Å². The normalized spacial score (nSPS) is 20.9. The molecule has 0 atom stereocenters. The number of likely N-dealkylation sites (tertiary alicyclic amines) is 1. The second-order valence-electron chi connectivity index (χ2n) is 11.0. The Morgan fingerprint density at radius 2 is 1.59 bits per heavy atom. The summed E-state index contributed by atoms with van der Waals surface area (Å²) in [6.45, 7) is 12.2. The van der Waals surface area contributed by atoms with Crippen molar-refractivity contribution in [2.75, 3.05) is 13.1 Å². The lowest BCUT2D eigenvalue weighted by atomic mass is 9.74. The highest BCUT2D eigenvalue weighted by Gasteiger charge is 2.38. The van der Waals surface area contributed by atoms with Crippen molar-refractivity contribution in [3.63, 3.8) is 0 Å². The van der Waals surface area contributed by atoms with Gasteiger partial charge in [0.15, 0.2) is 5.78 Å². The fraction of sp³-hybridized carbons (Fsp3) is 0.536. The molecule has 0 bridgehead atoms. The first kappa shape index (κ1) is 23.0. The number of nitrogens with zero attached hydrogens (tertiary/aromatic N) is 1. The van der Waals surface area contributed by atoms with Gasteiger partial charge in [0.05, 0.1) is 0 Å². The molecule has 4 rings (SSSR count). The van der Waals surface area contributed by atoms with Gasteiger partial charge in [-0.2, -0.15) is 0 Å². The fourth-order valence-corrected chi connectivity index (χ4v) is 5.81. The lowest BCUT2D eigenvalue weighted by molar-refractivity contribution is 0.0864. The minimum absolute atomic E-state index is 0.0624. The van der Waals surface area contributed by atoms with Gasteiger partial charge in [-0.3, -0.25) is 9.69 Å². The molecule has 2 heterocycles. The number of ketones is 1. The Labute approximate surface area is 193 Å². The number of carbonyl (C=O) groups excluding carboxylic acids is 1. The van der Waals surface area contributed by atoms with E-state index in [1.54, 1.807) is 0 Å². The Morgan fingerprint density at radius 1 is 0.969 bits per heavy atom. The molecular weight excluding hydrogens is 396 g/mol. The van der Waals surface area contributed by atoms with E-state index in [-0.39, 0.29) is 16.9 Å². The van der Waals surface area contributed by atoms with Crippen LogP contribution in [0.3, 0.4) is 0 Å². The number of benzene rings is 2. The molecule has 2 aromatic rings. The molecule has 4 nitrogen and oxygen atoms in total. The van der Waals surface area contributed by atoms with Crippen molar-refractivity contribution in [2.45, 2.75) is 77.4 Å². The molecular formula is C28H38N2O2. The van der Waals surface area contributed by atoms with Crippen LogP contribution in [-0.2, 0) is 6.54 Å². The molecule has 0 radical (unpaired) electrons. The number of para-hydroxylation sites is 1. The monoisotopic (exact) mass is 434 g/mol. The molecule has 1 N–H and O–H groups in total. The number of Topliss-reactive ketones (excluding diaryl/α,β-unsaturated/α-hetero) is 1. The van der Waals surface area contributed by atoms with Crippen molar-refractivity contribution >= 4 is 5.78 Å². The van der Waals surface area contributed by atoms with Crippen LogP contribution in [0.5, 0.6) is 11.5 Å². The summed E-state index contributed by atoms with van der Waals surface area (Å²) in [4.78, 5) is 15.5. The van der Waals surface area contributed by atoms with Crippen molar-refractivity contribution < 1.29 is 9.53 Å². The molecule has 0 aromatic heterocycles. The third-order valence-electron chi connectivity index (χ3n) is 6.72. The summed E-state index contributed by atoms with van der Waals surface area (Å²) in [6.07, 6.45) is 5.22. The number of nitrogens with one attached hydrogen (secondary N) is 1. The van der Waals surface area contributed by atoms with Gasteiger partial charge in [-0.15, -0.1) is 0 Å². The van der Waals surface area contributed by atoms with Crippen LogP contribution < -0.4 is 10.1 Å². The molecule has 2 aliphatic heterocycles. The first-order valence-electron chi connectivity index (χ1n) is 12.1. The lowest BCUT2D eigenvalue weighted by Gasteiger charge is -2.46. The van der Waals surface area contributed by atoms with Crippen molar-refractivity contribution in [1.29, 1.82) is 0 Å². The minimum atomic E-state index is 0.0624. The van der Waals surface area contributed by atoms with Gasteiger partial charge >= 0.3 is 0 Å². The van der Waals surface area contributed by atoms with E-state index in [1.165, 1.54) is 18.4 Å². The van der Waals surface area contributed by atoms with Crippen LogP contribution in [0.2, 0.25) is 0 Å².